The first kappa shape index (κ1) is 23.3. The van der Waals surface area contributed by atoms with Crippen molar-refractivity contribution in [3.05, 3.63) is 71.3 Å². The third kappa shape index (κ3) is 4.88. The third-order valence-corrected chi connectivity index (χ3v) is 8.14. The summed E-state index contributed by atoms with van der Waals surface area (Å²) >= 11 is 7.28. The summed E-state index contributed by atoms with van der Waals surface area (Å²) in [6, 6.07) is 13.5. The Hall–Kier alpha value is -3.41. The number of nitrogens with one attached hydrogen (secondary N) is 1. The fourth-order valence-electron chi connectivity index (χ4n) is 3.95. The van der Waals surface area contributed by atoms with E-state index in [9.17, 15) is 18.0 Å². The average Bonchev–Trinajstić information content (AvgIpc) is 3.48. The number of thiazole rings is 1. The second-order valence-electron chi connectivity index (χ2n) is 7.94. The maximum Gasteiger partial charge on any atom is 0.263 e. The van der Waals surface area contributed by atoms with Crippen molar-refractivity contribution in [1.29, 1.82) is 0 Å². The number of amides is 2. The molecule has 1 aliphatic heterocycles. The number of anilines is 2. The Morgan fingerprint density at radius 3 is 2.63 bits per heavy atom. The van der Waals surface area contributed by atoms with Crippen LogP contribution in [0.5, 0.6) is 0 Å². The number of rotatable bonds is 6. The molecule has 2 aromatic carbocycles. The van der Waals surface area contributed by atoms with E-state index in [1.54, 1.807) is 28.5 Å². The van der Waals surface area contributed by atoms with Crippen molar-refractivity contribution in [1.82, 2.24) is 14.5 Å². The molecule has 0 bridgehead atoms. The van der Waals surface area contributed by atoms with Crippen LogP contribution in [0.25, 0.3) is 10.9 Å². The summed E-state index contributed by atoms with van der Waals surface area (Å²) < 4.78 is 29.3. The first-order chi connectivity index (χ1) is 16.8. The second kappa shape index (κ2) is 9.33. The summed E-state index contributed by atoms with van der Waals surface area (Å²) in [7, 11) is -3.78. The summed E-state index contributed by atoms with van der Waals surface area (Å²) in [4.78, 5) is 32.8. The van der Waals surface area contributed by atoms with Crippen LogP contribution >= 0.6 is 22.9 Å². The fourth-order valence-corrected chi connectivity index (χ4v) is 5.91. The zero-order valence-corrected chi connectivity index (χ0v) is 20.7. The van der Waals surface area contributed by atoms with E-state index in [0.29, 0.717) is 23.8 Å². The average molecular weight is 530 g/mol. The Morgan fingerprint density at radius 2 is 1.91 bits per heavy atom. The van der Waals surface area contributed by atoms with Crippen LogP contribution in [-0.2, 0) is 26.2 Å². The van der Waals surface area contributed by atoms with Crippen LogP contribution in [0.3, 0.4) is 0 Å². The SMILES string of the molecule is O=C(Cn1ccc2ccc(Cl)cc21)N1CCN(c2ccc(S(=O)(=O)Nc3nccs3)cc2)C(=O)C1. The third-order valence-electron chi connectivity index (χ3n) is 5.73. The molecule has 2 amide bonds. The van der Waals surface area contributed by atoms with Crippen LogP contribution in [0.4, 0.5) is 10.8 Å². The van der Waals surface area contributed by atoms with Gasteiger partial charge in [0.15, 0.2) is 5.13 Å². The van der Waals surface area contributed by atoms with E-state index in [4.69, 9.17) is 11.6 Å². The van der Waals surface area contributed by atoms with Gasteiger partial charge in [-0.05, 0) is 47.9 Å². The van der Waals surface area contributed by atoms with Crippen LogP contribution < -0.4 is 9.62 Å². The van der Waals surface area contributed by atoms with E-state index in [1.165, 1.54) is 34.6 Å². The molecule has 0 atom stereocenters. The van der Waals surface area contributed by atoms with E-state index in [-0.39, 0.29) is 34.9 Å². The smallest absolute Gasteiger partial charge is 0.263 e. The van der Waals surface area contributed by atoms with Crippen molar-refractivity contribution in [3.8, 4) is 0 Å². The number of nitrogens with zero attached hydrogens (tertiary/aromatic N) is 4. The van der Waals surface area contributed by atoms with Crippen LogP contribution in [0, 0.1) is 0 Å². The van der Waals surface area contributed by atoms with Gasteiger partial charge in [0, 0.05) is 47.1 Å². The van der Waals surface area contributed by atoms with Crippen LogP contribution in [0.2, 0.25) is 5.02 Å². The Labute approximate surface area is 210 Å². The largest absolute Gasteiger partial charge is 0.338 e. The number of sulfonamides is 1. The maximum absolute atomic E-state index is 12.9. The van der Waals surface area contributed by atoms with Gasteiger partial charge in [-0.3, -0.25) is 14.3 Å². The molecule has 0 spiro atoms. The summed E-state index contributed by atoms with van der Waals surface area (Å²) in [6.45, 7) is 0.739. The molecule has 180 valence electrons. The van der Waals surface area contributed by atoms with Crippen molar-refractivity contribution in [3.63, 3.8) is 0 Å². The fraction of sp³-hybridized carbons (Fsp3) is 0.174. The summed E-state index contributed by atoms with van der Waals surface area (Å²) in [6.07, 6.45) is 3.34. The van der Waals surface area contributed by atoms with Crippen LogP contribution in [0.1, 0.15) is 0 Å². The highest BCUT2D eigenvalue weighted by Crippen LogP contribution is 2.24. The Kier molecular flexibility index (Phi) is 6.22. The quantitative estimate of drug-likeness (QED) is 0.412. The molecule has 1 fully saturated rings. The van der Waals surface area contributed by atoms with E-state index in [1.807, 2.05) is 29.0 Å². The van der Waals surface area contributed by atoms with Crippen LogP contribution in [0.15, 0.2) is 71.2 Å². The number of hydrogen-bond donors (Lipinski definition) is 1. The highest BCUT2D eigenvalue weighted by Gasteiger charge is 2.28. The Balaban J connectivity index is 1.23. The maximum atomic E-state index is 12.9. The monoisotopic (exact) mass is 529 g/mol. The normalized spacial score (nSPS) is 14.5. The van der Waals surface area contributed by atoms with Crippen molar-refractivity contribution >= 4 is 66.5 Å². The lowest BCUT2D eigenvalue weighted by Crippen LogP contribution is -2.53. The number of benzene rings is 2. The lowest BCUT2D eigenvalue weighted by molar-refractivity contribution is -0.137. The van der Waals surface area contributed by atoms with E-state index >= 15 is 0 Å². The molecular formula is C23H20ClN5O4S2. The predicted octanol–water partition coefficient (Wildman–Crippen LogP) is 3.43. The number of fused-ring (bicyclic) bond motifs is 1. The molecule has 12 heteroatoms. The lowest BCUT2D eigenvalue weighted by atomic mass is 10.2. The highest BCUT2D eigenvalue weighted by atomic mass is 35.5. The lowest BCUT2D eigenvalue weighted by Gasteiger charge is -2.34. The molecule has 9 nitrogen and oxygen atoms in total. The van der Waals surface area contributed by atoms with Gasteiger partial charge in [0.25, 0.3) is 10.0 Å². The molecule has 1 saturated heterocycles. The van der Waals surface area contributed by atoms with E-state index in [2.05, 4.69) is 9.71 Å². The van der Waals surface area contributed by atoms with Crippen molar-refractivity contribution in [2.75, 3.05) is 29.3 Å². The molecule has 0 unspecified atom stereocenters. The molecule has 0 saturated carbocycles. The number of carbonyl (C=O) groups is 2. The molecule has 1 N–H and O–H groups in total. The molecule has 2 aromatic heterocycles. The topological polar surface area (TPSA) is 105 Å². The summed E-state index contributed by atoms with van der Waals surface area (Å²) in [5.41, 5.74) is 1.43. The van der Waals surface area contributed by atoms with Crippen molar-refractivity contribution in [2.24, 2.45) is 0 Å². The van der Waals surface area contributed by atoms with Gasteiger partial charge in [0.2, 0.25) is 11.8 Å². The van der Waals surface area contributed by atoms with Gasteiger partial charge in [-0.2, -0.15) is 0 Å². The zero-order valence-electron chi connectivity index (χ0n) is 18.3. The minimum atomic E-state index is -3.78. The zero-order chi connectivity index (χ0) is 24.6. The number of piperazine rings is 1. The number of aromatic nitrogens is 2. The number of halogens is 1. The summed E-state index contributed by atoms with van der Waals surface area (Å²) in [5, 5.41) is 3.52. The number of carbonyl (C=O) groups excluding carboxylic acids is 2. The standard InChI is InChI=1S/C23H20ClN5O4S2/c24-17-2-1-16-7-9-27(20(16)13-17)14-21(30)28-10-11-29(22(31)15-28)18-3-5-19(6-4-18)35(32,33)26-23-25-8-12-34-23/h1-9,12-13H,10-11,14-15H2,(H,25,26). The molecule has 5 rings (SSSR count). The van der Waals surface area contributed by atoms with Gasteiger partial charge in [-0.25, -0.2) is 13.4 Å². The first-order valence-electron chi connectivity index (χ1n) is 10.6. The van der Waals surface area contributed by atoms with Gasteiger partial charge in [0.1, 0.15) is 13.1 Å². The number of hydrogen-bond acceptors (Lipinski definition) is 6. The highest BCUT2D eigenvalue weighted by molar-refractivity contribution is 7.93. The molecule has 1 aliphatic rings. The molecule has 0 radical (unpaired) electrons. The molecule has 35 heavy (non-hydrogen) atoms. The van der Waals surface area contributed by atoms with Gasteiger partial charge in [-0.1, -0.05) is 17.7 Å². The molecule has 3 heterocycles. The van der Waals surface area contributed by atoms with Gasteiger partial charge >= 0.3 is 0 Å². The minimum Gasteiger partial charge on any atom is -0.338 e. The minimum absolute atomic E-state index is 0.0511. The van der Waals surface area contributed by atoms with Gasteiger partial charge in [-0.15, -0.1) is 11.3 Å². The van der Waals surface area contributed by atoms with Gasteiger partial charge < -0.3 is 14.4 Å². The molecular weight excluding hydrogens is 510 g/mol. The van der Waals surface area contributed by atoms with Crippen LogP contribution in [-0.4, -0.2) is 54.3 Å². The van der Waals surface area contributed by atoms with Gasteiger partial charge in [0.05, 0.1) is 4.90 Å². The van der Waals surface area contributed by atoms with E-state index < -0.39 is 10.0 Å². The Bertz CT molecular complexity index is 1500. The summed E-state index contributed by atoms with van der Waals surface area (Å²) in [5.74, 6) is -0.397. The van der Waals surface area contributed by atoms with Crippen molar-refractivity contribution in [2.45, 2.75) is 11.4 Å². The Morgan fingerprint density at radius 1 is 1.11 bits per heavy atom. The molecule has 4 aromatic rings. The molecule has 0 aliphatic carbocycles. The predicted molar refractivity (Wildman–Crippen MR) is 135 cm³/mol. The van der Waals surface area contributed by atoms with Crippen molar-refractivity contribution < 1.29 is 18.0 Å². The van der Waals surface area contributed by atoms with E-state index in [0.717, 1.165) is 10.9 Å². The second-order valence-corrected chi connectivity index (χ2v) is 11.0. The first-order valence-corrected chi connectivity index (χ1v) is 13.4.